The zero-order valence-corrected chi connectivity index (χ0v) is 10.2. The van der Waals surface area contributed by atoms with E-state index in [0.717, 1.165) is 17.5 Å². The molecule has 2 rings (SSSR count). The van der Waals surface area contributed by atoms with Gasteiger partial charge in [0, 0.05) is 12.1 Å². The van der Waals surface area contributed by atoms with Gasteiger partial charge in [0.05, 0.1) is 6.04 Å². The summed E-state index contributed by atoms with van der Waals surface area (Å²) in [6.07, 6.45) is 1.12. The van der Waals surface area contributed by atoms with E-state index in [9.17, 15) is 14.3 Å². The first-order valence-corrected chi connectivity index (χ1v) is 5.93. The third-order valence-corrected chi connectivity index (χ3v) is 2.81. The van der Waals surface area contributed by atoms with Crippen LogP contribution in [0.15, 0.2) is 48.5 Å². The molecule has 0 saturated carbocycles. The van der Waals surface area contributed by atoms with Crippen molar-refractivity contribution in [1.29, 1.82) is 0 Å². The fraction of sp³-hybridized carbons (Fsp3) is 0.133. The fourth-order valence-electron chi connectivity index (χ4n) is 1.83. The summed E-state index contributed by atoms with van der Waals surface area (Å²) in [5, 5.41) is 12.4. The number of phenols is 1. The minimum absolute atomic E-state index is 0.176. The van der Waals surface area contributed by atoms with Crippen molar-refractivity contribution in [3.8, 4) is 5.75 Å². The van der Waals surface area contributed by atoms with Gasteiger partial charge in [-0.25, -0.2) is 4.39 Å². The van der Waals surface area contributed by atoms with Gasteiger partial charge < -0.3 is 15.2 Å². The number of anilines is 1. The SMILES string of the molecule is O=CCC(Nc1ccc(F)cc1)c1ccc(O)cc1. The van der Waals surface area contributed by atoms with E-state index in [1.807, 2.05) is 0 Å². The van der Waals surface area contributed by atoms with Crippen LogP contribution in [0.5, 0.6) is 5.75 Å². The fourth-order valence-corrected chi connectivity index (χ4v) is 1.83. The van der Waals surface area contributed by atoms with Crippen molar-refractivity contribution >= 4 is 12.0 Å². The molecule has 4 heteroatoms. The highest BCUT2D eigenvalue weighted by atomic mass is 19.1. The van der Waals surface area contributed by atoms with E-state index in [0.29, 0.717) is 6.42 Å². The van der Waals surface area contributed by atoms with Crippen LogP contribution < -0.4 is 5.32 Å². The van der Waals surface area contributed by atoms with Crippen LogP contribution in [0.2, 0.25) is 0 Å². The maximum atomic E-state index is 12.8. The van der Waals surface area contributed by atoms with Crippen molar-refractivity contribution in [1.82, 2.24) is 0 Å². The van der Waals surface area contributed by atoms with Crippen molar-refractivity contribution in [3.63, 3.8) is 0 Å². The Bertz CT molecular complexity index is 537. The number of benzene rings is 2. The number of phenolic OH excluding ortho intramolecular Hbond substituents is 1. The van der Waals surface area contributed by atoms with E-state index < -0.39 is 0 Å². The maximum Gasteiger partial charge on any atom is 0.123 e. The lowest BCUT2D eigenvalue weighted by Crippen LogP contribution is -2.11. The van der Waals surface area contributed by atoms with Crippen molar-refractivity contribution in [2.45, 2.75) is 12.5 Å². The predicted octanol–water partition coefficient (Wildman–Crippen LogP) is 3.27. The van der Waals surface area contributed by atoms with Crippen molar-refractivity contribution in [3.05, 3.63) is 59.9 Å². The molecular formula is C15H14FNO2. The van der Waals surface area contributed by atoms with Gasteiger partial charge in [-0.3, -0.25) is 0 Å². The molecule has 2 aromatic rings. The molecule has 1 unspecified atom stereocenters. The highest BCUT2D eigenvalue weighted by Crippen LogP contribution is 2.23. The lowest BCUT2D eigenvalue weighted by molar-refractivity contribution is -0.108. The van der Waals surface area contributed by atoms with Crippen LogP contribution in [-0.2, 0) is 4.79 Å². The summed E-state index contributed by atoms with van der Waals surface area (Å²) in [6.45, 7) is 0. The summed E-state index contributed by atoms with van der Waals surface area (Å²) in [4.78, 5) is 10.8. The van der Waals surface area contributed by atoms with E-state index >= 15 is 0 Å². The molecule has 0 radical (unpaired) electrons. The largest absolute Gasteiger partial charge is 0.508 e. The van der Waals surface area contributed by atoms with E-state index in [1.165, 1.54) is 12.1 Å². The monoisotopic (exact) mass is 259 g/mol. The number of aldehydes is 1. The molecule has 0 spiro atoms. The standard InChI is InChI=1S/C15H14FNO2/c16-12-3-5-13(6-4-12)17-15(9-10-18)11-1-7-14(19)8-2-11/h1-8,10,15,17,19H,9H2. The Morgan fingerprint density at radius 3 is 2.32 bits per heavy atom. The van der Waals surface area contributed by atoms with Gasteiger partial charge in [-0.15, -0.1) is 0 Å². The van der Waals surface area contributed by atoms with E-state index in [-0.39, 0.29) is 17.6 Å². The molecule has 2 N–H and O–H groups in total. The Morgan fingerprint density at radius 1 is 1.11 bits per heavy atom. The van der Waals surface area contributed by atoms with Gasteiger partial charge >= 0.3 is 0 Å². The lowest BCUT2D eigenvalue weighted by Gasteiger charge is -2.18. The highest BCUT2D eigenvalue weighted by molar-refractivity contribution is 5.55. The molecule has 0 heterocycles. The Morgan fingerprint density at radius 2 is 1.74 bits per heavy atom. The quantitative estimate of drug-likeness (QED) is 0.810. The average Bonchev–Trinajstić information content (AvgIpc) is 2.42. The summed E-state index contributed by atoms with van der Waals surface area (Å²) in [5.41, 5.74) is 1.62. The summed E-state index contributed by atoms with van der Waals surface area (Å²) in [5.74, 6) is -0.127. The van der Waals surface area contributed by atoms with Crippen LogP contribution in [0.4, 0.5) is 10.1 Å². The molecule has 1 atom stereocenters. The zero-order valence-electron chi connectivity index (χ0n) is 10.2. The molecule has 3 nitrogen and oxygen atoms in total. The summed E-state index contributed by atoms with van der Waals surface area (Å²) in [7, 11) is 0. The normalized spacial score (nSPS) is 11.8. The predicted molar refractivity (Wildman–Crippen MR) is 71.6 cm³/mol. The van der Waals surface area contributed by atoms with Crippen LogP contribution in [0.3, 0.4) is 0 Å². The van der Waals surface area contributed by atoms with Gasteiger partial charge in [-0.1, -0.05) is 12.1 Å². The lowest BCUT2D eigenvalue weighted by atomic mass is 10.0. The minimum Gasteiger partial charge on any atom is -0.508 e. The molecule has 0 saturated heterocycles. The second-order valence-corrected chi connectivity index (χ2v) is 4.20. The number of carbonyl (C=O) groups excluding carboxylic acids is 1. The second kappa shape index (κ2) is 6.00. The van der Waals surface area contributed by atoms with Gasteiger partial charge in [-0.2, -0.15) is 0 Å². The zero-order chi connectivity index (χ0) is 13.7. The third kappa shape index (κ3) is 3.55. The van der Waals surface area contributed by atoms with Crippen LogP contribution in [0.1, 0.15) is 18.0 Å². The van der Waals surface area contributed by atoms with Crippen molar-refractivity contribution in [2.75, 3.05) is 5.32 Å². The topological polar surface area (TPSA) is 49.3 Å². The van der Waals surface area contributed by atoms with Gasteiger partial charge in [0.25, 0.3) is 0 Å². The molecule has 0 aliphatic heterocycles. The smallest absolute Gasteiger partial charge is 0.123 e. The molecule has 98 valence electrons. The Labute approximate surface area is 110 Å². The molecule has 19 heavy (non-hydrogen) atoms. The first-order valence-electron chi connectivity index (χ1n) is 5.93. The van der Waals surface area contributed by atoms with Crippen LogP contribution >= 0.6 is 0 Å². The maximum absolute atomic E-state index is 12.8. The summed E-state index contributed by atoms with van der Waals surface area (Å²) >= 11 is 0. The van der Waals surface area contributed by atoms with Crippen molar-refractivity contribution in [2.24, 2.45) is 0 Å². The number of carbonyl (C=O) groups is 1. The van der Waals surface area contributed by atoms with E-state index in [1.54, 1.807) is 36.4 Å². The molecule has 0 aliphatic carbocycles. The Kier molecular flexibility index (Phi) is 4.13. The molecule has 0 bridgehead atoms. The van der Waals surface area contributed by atoms with Gasteiger partial charge in [0.15, 0.2) is 0 Å². The first-order chi connectivity index (χ1) is 9.19. The van der Waals surface area contributed by atoms with Crippen LogP contribution in [-0.4, -0.2) is 11.4 Å². The second-order valence-electron chi connectivity index (χ2n) is 4.20. The Balaban J connectivity index is 2.18. The summed E-state index contributed by atoms with van der Waals surface area (Å²) < 4.78 is 12.8. The molecule has 2 aromatic carbocycles. The number of rotatable bonds is 5. The van der Waals surface area contributed by atoms with Gasteiger partial charge in [0.2, 0.25) is 0 Å². The Hall–Kier alpha value is -2.36. The highest BCUT2D eigenvalue weighted by Gasteiger charge is 2.11. The van der Waals surface area contributed by atoms with E-state index in [2.05, 4.69) is 5.32 Å². The minimum atomic E-state index is -0.304. The molecule has 0 fully saturated rings. The van der Waals surface area contributed by atoms with Crippen LogP contribution in [0, 0.1) is 5.82 Å². The number of hydrogen-bond acceptors (Lipinski definition) is 3. The molecule has 0 aliphatic rings. The van der Waals surface area contributed by atoms with Crippen LogP contribution in [0.25, 0.3) is 0 Å². The molecule has 0 amide bonds. The molecular weight excluding hydrogens is 245 g/mol. The number of hydrogen-bond donors (Lipinski definition) is 2. The summed E-state index contributed by atoms with van der Waals surface area (Å²) in [6, 6.07) is 12.4. The number of nitrogens with one attached hydrogen (secondary N) is 1. The number of aromatic hydroxyl groups is 1. The van der Waals surface area contributed by atoms with Crippen molar-refractivity contribution < 1.29 is 14.3 Å². The first kappa shape index (κ1) is 13.1. The number of halogens is 1. The third-order valence-electron chi connectivity index (χ3n) is 2.81. The van der Waals surface area contributed by atoms with E-state index in [4.69, 9.17) is 0 Å². The van der Waals surface area contributed by atoms with Gasteiger partial charge in [-0.05, 0) is 42.0 Å². The molecule has 0 aromatic heterocycles. The van der Waals surface area contributed by atoms with Gasteiger partial charge in [0.1, 0.15) is 17.9 Å². The average molecular weight is 259 g/mol.